The highest BCUT2D eigenvalue weighted by atomic mass is 16.3. The standard InChI is InChI=1S/C11H17NO2/c13-9-11(3-1-4-12-8-11)6-10-2-5-14-7-10/h2,5,7,12-13H,1,3-4,6,8-9H2. The van der Waals surface area contributed by atoms with E-state index in [2.05, 4.69) is 5.32 Å². The maximum absolute atomic E-state index is 9.47. The van der Waals surface area contributed by atoms with E-state index in [-0.39, 0.29) is 12.0 Å². The molecule has 1 aliphatic rings. The Morgan fingerprint density at radius 1 is 1.57 bits per heavy atom. The van der Waals surface area contributed by atoms with Crippen molar-refractivity contribution in [3.8, 4) is 0 Å². The highest BCUT2D eigenvalue weighted by molar-refractivity contribution is 5.09. The normalized spacial score (nSPS) is 27.8. The lowest BCUT2D eigenvalue weighted by atomic mass is 9.77. The van der Waals surface area contributed by atoms with Crippen molar-refractivity contribution in [3.05, 3.63) is 24.2 Å². The minimum atomic E-state index is 0.0299. The van der Waals surface area contributed by atoms with Crippen LogP contribution < -0.4 is 5.32 Å². The molecule has 2 rings (SSSR count). The molecule has 1 aromatic rings. The Bertz CT molecular complexity index is 263. The molecule has 1 fully saturated rings. The van der Waals surface area contributed by atoms with Gasteiger partial charge in [0.25, 0.3) is 0 Å². The van der Waals surface area contributed by atoms with E-state index in [1.54, 1.807) is 12.5 Å². The number of piperidine rings is 1. The van der Waals surface area contributed by atoms with Crippen LogP contribution in [0.5, 0.6) is 0 Å². The lowest BCUT2D eigenvalue weighted by Crippen LogP contribution is -2.43. The van der Waals surface area contributed by atoms with Crippen molar-refractivity contribution in [2.75, 3.05) is 19.7 Å². The zero-order valence-electron chi connectivity index (χ0n) is 8.33. The minimum Gasteiger partial charge on any atom is -0.472 e. The predicted molar refractivity (Wildman–Crippen MR) is 54.0 cm³/mol. The summed E-state index contributed by atoms with van der Waals surface area (Å²) in [5.74, 6) is 0. The molecule has 0 aromatic carbocycles. The second kappa shape index (κ2) is 4.15. The molecule has 3 heteroatoms. The summed E-state index contributed by atoms with van der Waals surface area (Å²) in [5.41, 5.74) is 1.21. The van der Waals surface area contributed by atoms with E-state index >= 15 is 0 Å². The zero-order chi connectivity index (χ0) is 9.86. The van der Waals surface area contributed by atoms with Gasteiger partial charge < -0.3 is 14.8 Å². The maximum atomic E-state index is 9.47. The first-order chi connectivity index (χ1) is 6.85. The number of rotatable bonds is 3. The van der Waals surface area contributed by atoms with Crippen molar-refractivity contribution in [1.82, 2.24) is 5.32 Å². The third-order valence-electron chi connectivity index (χ3n) is 3.06. The van der Waals surface area contributed by atoms with Crippen LogP contribution in [-0.2, 0) is 6.42 Å². The summed E-state index contributed by atoms with van der Waals surface area (Å²) in [6.07, 6.45) is 6.62. The topological polar surface area (TPSA) is 45.4 Å². The van der Waals surface area contributed by atoms with E-state index in [1.165, 1.54) is 5.56 Å². The summed E-state index contributed by atoms with van der Waals surface area (Å²) < 4.78 is 5.04. The third-order valence-corrected chi connectivity index (χ3v) is 3.06. The number of furan rings is 1. The molecule has 0 aliphatic carbocycles. The fraction of sp³-hybridized carbons (Fsp3) is 0.636. The van der Waals surface area contributed by atoms with Crippen LogP contribution in [0.25, 0.3) is 0 Å². The fourth-order valence-corrected chi connectivity index (χ4v) is 2.20. The summed E-state index contributed by atoms with van der Waals surface area (Å²) in [5, 5.41) is 12.8. The molecule has 0 spiro atoms. The SMILES string of the molecule is OCC1(Cc2ccoc2)CCCNC1. The van der Waals surface area contributed by atoms with Crippen LogP contribution in [-0.4, -0.2) is 24.8 Å². The van der Waals surface area contributed by atoms with E-state index in [4.69, 9.17) is 4.42 Å². The van der Waals surface area contributed by atoms with Gasteiger partial charge in [-0.2, -0.15) is 0 Å². The van der Waals surface area contributed by atoms with Gasteiger partial charge in [0, 0.05) is 12.0 Å². The van der Waals surface area contributed by atoms with Crippen LogP contribution in [0, 0.1) is 5.41 Å². The molecule has 0 amide bonds. The summed E-state index contributed by atoms with van der Waals surface area (Å²) >= 11 is 0. The van der Waals surface area contributed by atoms with Crippen molar-refractivity contribution >= 4 is 0 Å². The van der Waals surface area contributed by atoms with E-state index in [9.17, 15) is 5.11 Å². The van der Waals surface area contributed by atoms with Gasteiger partial charge in [-0.05, 0) is 37.4 Å². The van der Waals surface area contributed by atoms with Gasteiger partial charge in [0.2, 0.25) is 0 Å². The zero-order valence-corrected chi connectivity index (χ0v) is 8.33. The highest BCUT2D eigenvalue weighted by Crippen LogP contribution is 2.30. The van der Waals surface area contributed by atoms with Crippen LogP contribution in [0.1, 0.15) is 18.4 Å². The summed E-state index contributed by atoms with van der Waals surface area (Å²) in [6, 6.07) is 1.98. The Hall–Kier alpha value is -0.800. The van der Waals surface area contributed by atoms with Crippen LogP contribution in [0.15, 0.2) is 23.0 Å². The molecule has 1 atom stereocenters. The minimum absolute atomic E-state index is 0.0299. The van der Waals surface area contributed by atoms with E-state index in [0.717, 1.165) is 32.4 Å². The monoisotopic (exact) mass is 195 g/mol. The van der Waals surface area contributed by atoms with Crippen molar-refractivity contribution in [1.29, 1.82) is 0 Å². The molecule has 0 radical (unpaired) electrons. The Morgan fingerprint density at radius 3 is 3.07 bits per heavy atom. The number of hydrogen-bond donors (Lipinski definition) is 2. The fourth-order valence-electron chi connectivity index (χ4n) is 2.20. The van der Waals surface area contributed by atoms with E-state index in [0.29, 0.717) is 0 Å². The molecule has 1 aliphatic heterocycles. The van der Waals surface area contributed by atoms with Gasteiger partial charge in [0.1, 0.15) is 0 Å². The molecule has 1 aromatic heterocycles. The first-order valence-electron chi connectivity index (χ1n) is 5.17. The average Bonchev–Trinajstić information content (AvgIpc) is 2.72. The number of aliphatic hydroxyl groups excluding tert-OH is 1. The van der Waals surface area contributed by atoms with Crippen molar-refractivity contribution in [3.63, 3.8) is 0 Å². The third kappa shape index (κ3) is 1.99. The number of aliphatic hydroxyl groups is 1. The molecular formula is C11H17NO2. The van der Waals surface area contributed by atoms with Gasteiger partial charge in [-0.1, -0.05) is 0 Å². The number of nitrogens with one attached hydrogen (secondary N) is 1. The van der Waals surface area contributed by atoms with Gasteiger partial charge >= 0.3 is 0 Å². The largest absolute Gasteiger partial charge is 0.472 e. The molecule has 3 nitrogen and oxygen atoms in total. The van der Waals surface area contributed by atoms with Crippen LogP contribution in [0.2, 0.25) is 0 Å². The Balaban J connectivity index is 2.04. The molecule has 0 saturated carbocycles. The molecule has 2 N–H and O–H groups in total. The molecule has 2 heterocycles. The lowest BCUT2D eigenvalue weighted by Gasteiger charge is -2.35. The first-order valence-corrected chi connectivity index (χ1v) is 5.17. The van der Waals surface area contributed by atoms with Crippen molar-refractivity contribution in [2.24, 2.45) is 5.41 Å². The van der Waals surface area contributed by atoms with Crippen molar-refractivity contribution < 1.29 is 9.52 Å². The number of hydrogen-bond acceptors (Lipinski definition) is 3. The van der Waals surface area contributed by atoms with E-state index < -0.39 is 0 Å². The maximum Gasteiger partial charge on any atom is 0.0934 e. The Labute approximate surface area is 84.1 Å². The van der Waals surface area contributed by atoms with E-state index in [1.807, 2.05) is 6.07 Å². The van der Waals surface area contributed by atoms with Crippen LogP contribution >= 0.6 is 0 Å². The molecular weight excluding hydrogens is 178 g/mol. The molecule has 78 valence electrons. The molecule has 14 heavy (non-hydrogen) atoms. The second-order valence-corrected chi connectivity index (χ2v) is 4.25. The summed E-state index contributed by atoms with van der Waals surface area (Å²) in [4.78, 5) is 0. The summed E-state index contributed by atoms with van der Waals surface area (Å²) in [7, 11) is 0. The van der Waals surface area contributed by atoms with Gasteiger partial charge in [0.15, 0.2) is 0 Å². The predicted octanol–water partition coefficient (Wildman–Crippen LogP) is 1.18. The highest BCUT2D eigenvalue weighted by Gasteiger charge is 2.31. The first kappa shape index (κ1) is 9.74. The summed E-state index contributed by atoms with van der Waals surface area (Å²) in [6.45, 7) is 2.24. The Kier molecular flexibility index (Phi) is 2.89. The molecule has 0 bridgehead atoms. The quantitative estimate of drug-likeness (QED) is 0.761. The smallest absolute Gasteiger partial charge is 0.0934 e. The van der Waals surface area contributed by atoms with Gasteiger partial charge in [-0.3, -0.25) is 0 Å². The molecule has 1 unspecified atom stereocenters. The average molecular weight is 195 g/mol. The van der Waals surface area contributed by atoms with Crippen LogP contribution in [0.4, 0.5) is 0 Å². The van der Waals surface area contributed by atoms with Gasteiger partial charge in [-0.25, -0.2) is 0 Å². The second-order valence-electron chi connectivity index (χ2n) is 4.25. The molecule has 1 saturated heterocycles. The Morgan fingerprint density at radius 2 is 2.50 bits per heavy atom. The van der Waals surface area contributed by atoms with Crippen LogP contribution in [0.3, 0.4) is 0 Å². The van der Waals surface area contributed by atoms with Gasteiger partial charge in [0.05, 0.1) is 19.1 Å². The van der Waals surface area contributed by atoms with Gasteiger partial charge in [-0.15, -0.1) is 0 Å². The van der Waals surface area contributed by atoms with Crippen molar-refractivity contribution in [2.45, 2.75) is 19.3 Å². The lowest BCUT2D eigenvalue weighted by molar-refractivity contribution is 0.0946.